The Morgan fingerprint density at radius 1 is 1.41 bits per heavy atom. The predicted molar refractivity (Wildman–Crippen MR) is 63.8 cm³/mol. The topological polar surface area (TPSA) is 66.3 Å². The molecule has 1 aliphatic rings. The van der Waals surface area contributed by atoms with Gasteiger partial charge in [0, 0.05) is 31.9 Å². The van der Waals surface area contributed by atoms with Gasteiger partial charge in [-0.2, -0.15) is 0 Å². The third kappa shape index (κ3) is 3.41. The normalized spacial score (nSPS) is 17.1. The Balaban J connectivity index is 1.80. The van der Waals surface area contributed by atoms with Crippen LogP contribution in [0.25, 0.3) is 0 Å². The van der Waals surface area contributed by atoms with Crippen molar-refractivity contribution in [1.82, 2.24) is 9.97 Å². The van der Waals surface area contributed by atoms with Crippen molar-refractivity contribution in [3.05, 3.63) is 18.6 Å². The van der Waals surface area contributed by atoms with Crippen molar-refractivity contribution in [1.29, 1.82) is 0 Å². The van der Waals surface area contributed by atoms with E-state index in [1.54, 1.807) is 18.6 Å². The Morgan fingerprint density at radius 2 is 2.18 bits per heavy atom. The second-order valence-corrected chi connectivity index (χ2v) is 4.43. The van der Waals surface area contributed by atoms with E-state index >= 15 is 0 Å². The van der Waals surface area contributed by atoms with Crippen molar-refractivity contribution < 1.29 is 9.90 Å². The van der Waals surface area contributed by atoms with E-state index < -0.39 is 5.97 Å². The summed E-state index contributed by atoms with van der Waals surface area (Å²) in [4.78, 5) is 21.0. The van der Waals surface area contributed by atoms with E-state index in [4.69, 9.17) is 5.11 Å². The van der Waals surface area contributed by atoms with Crippen LogP contribution >= 0.6 is 0 Å². The van der Waals surface area contributed by atoms with Crippen LogP contribution in [0.4, 0.5) is 5.82 Å². The molecule has 1 N–H and O–H groups in total. The molecular weight excluding hydrogens is 218 g/mol. The van der Waals surface area contributed by atoms with Gasteiger partial charge in [0.15, 0.2) is 0 Å². The minimum atomic E-state index is -0.693. The highest BCUT2D eigenvalue weighted by molar-refractivity contribution is 5.66. The lowest BCUT2D eigenvalue weighted by Crippen LogP contribution is -2.34. The largest absolute Gasteiger partial charge is 0.481 e. The molecule has 2 rings (SSSR count). The molecule has 1 saturated heterocycles. The molecule has 0 saturated carbocycles. The predicted octanol–water partition coefficient (Wildman–Crippen LogP) is 1.56. The number of carboxylic acid groups (broad SMARTS) is 1. The van der Waals surface area contributed by atoms with Gasteiger partial charge in [0.1, 0.15) is 5.82 Å². The number of anilines is 1. The van der Waals surface area contributed by atoms with Crippen LogP contribution in [0.15, 0.2) is 18.6 Å². The first kappa shape index (κ1) is 11.8. The maximum atomic E-state index is 10.5. The fourth-order valence-corrected chi connectivity index (χ4v) is 2.23. The maximum absolute atomic E-state index is 10.5. The molecule has 1 fully saturated rings. The van der Waals surface area contributed by atoms with Crippen LogP contribution < -0.4 is 4.90 Å². The van der Waals surface area contributed by atoms with Crippen LogP contribution in [0.3, 0.4) is 0 Å². The van der Waals surface area contributed by atoms with Gasteiger partial charge < -0.3 is 10.0 Å². The van der Waals surface area contributed by atoms with E-state index in [0.29, 0.717) is 5.92 Å². The highest BCUT2D eigenvalue weighted by Gasteiger charge is 2.20. The molecule has 0 aromatic carbocycles. The summed E-state index contributed by atoms with van der Waals surface area (Å²) in [6, 6.07) is 0. The number of carboxylic acids is 1. The highest BCUT2D eigenvalue weighted by atomic mass is 16.4. The number of rotatable bonds is 4. The van der Waals surface area contributed by atoms with Crippen LogP contribution in [0.2, 0.25) is 0 Å². The number of hydrogen-bond acceptors (Lipinski definition) is 4. The number of hydrogen-bond donors (Lipinski definition) is 1. The summed E-state index contributed by atoms with van der Waals surface area (Å²) >= 11 is 0. The third-order valence-corrected chi connectivity index (χ3v) is 3.25. The van der Waals surface area contributed by atoms with Gasteiger partial charge in [-0.15, -0.1) is 0 Å². The van der Waals surface area contributed by atoms with Gasteiger partial charge in [0.05, 0.1) is 6.20 Å². The number of piperidine rings is 1. The van der Waals surface area contributed by atoms with Crippen LogP contribution in [0.1, 0.15) is 25.7 Å². The maximum Gasteiger partial charge on any atom is 0.303 e. The molecule has 1 aromatic heterocycles. The van der Waals surface area contributed by atoms with E-state index in [9.17, 15) is 4.79 Å². The van der Waals surface area contributed by atoms with E-state index in [1.165, 1.54) is 0 Å². The molecule has 2 heterocycles. The van der Waals surface area contributed by atoms with Gasteiger partial charge in [-0.05, 0) is 25.2 Å². The highest BCUT2D eigenvalue weighted by Crippen LogP contribution is 2.24. The second-order valence-electron chi connectivity index (χ2n) is 4.43. The van der Waals surface area contributed by atoms with Crippen LogP contribution in [0, 0.1) is 5.92 Å². The summed E-state index contributed by atoms with van der Waals surface area (Å²) in [5.74, 6) is 0.768. The lowest BCUT2D eigenvalue weighted by molar-refractivity contribution is -0.137. The first-order valence-electron chi connectivity index (χ1n) is 5.98. The SMILES string of the molecule is O=C(O)CCC1CCN(c2cnccn2)CC1. The lowest BCUT2D eigenvalue weighted by Gasteiger charge is -2.32. The molecule has 17 heavy (non-hydrogen) atoms. The minimum Gasteiger partial charge on any atom is -0.481 e. The summed E-state index contributed by atoms with van der Waals surface area (Å²) in [5.41, 5.74) is 0. The first-order chi connectivity index (χ1) is 8.25. The Labute approximate surface area is 100 Å². The Kier molecular flexibility index (Phi) is 3.90. The molecule has 0 aliphatic carbocycles. The number of carbonyl (C=O) groups is 1. The summed E-state index contributed by atoms with van der Waals surface area (Å²) in [6.07, 6.45) is 8.32. The molecule has 5 nitrogen and oxygen atoms in total. The van der Waals surface area contributed by atoms with Gasteiger partial charge in [-0.25, -0.2) is 4.98 Å². The average Bonchev–Trinajstić information content (AvgIpc) is 2.38. The molecule has 0 radical (unpaired) electrons. The molecule has 0 atom stereocenters. The quantitative estimate of drug-likeness (QED) is 0.857. The fraction of sp³-hybridized carbons (Fsp3) is 0.583. The lowest BCUT2D eigenvalue weighted by atomic mass is 9.92. The van der Waals surface area contributed by atoms with Crippen LogP contribution in [0.5, 0.6) is 0 Å². The summed E-state index contributed by atoms with van der Waals surface area (Å²) < 4.78 is 0. The molecule has 0 bridgehead atoms. The Morgan fingerprint density at radius 3 is 2.76 bits per heavy atom. The zero-order valence-corrected chi connectivity index (χ0v) is 9.75. The van der Waals surface area contributed by atoms with Gasteiger partial charge in [-0.1, -0.05) is 0 Å². The van der Waals surface area contributed by atoms with Gasteiger partial charge >= 0.3 is 5.97 Å². The number of aliphatic carboxylic acids is 1. The van der Waals surface area contributed by atoms with E-state index in [1.807, 2.05) is 0 Å². The summed E-state index contributed by atoms with van der Waals surface area (Å²) in [5, 5.41) is 8.65. The van der Waals surface area contributed by atoms with Crippen molar-refractivity contribution >= 4 is 11.8 Å². The van der Waals surface area contributed by atoms with E-state index in [2.05, 4.69) is 14.9 Å². The molecule has 0 unspecified atom stereocenters. The van der Waals surface area contributed by atoms with Crippen LogP contribution in [-0.4, -0.2) is 34.1 Å². The van der Waals surface area contributed by atoms with Gasteiger partial charge in [0.25, 0.3) is 0 Å². The van der Waals surface area contributed by atoms with Crippen molar-refractivity contribution in [3.63, 3.8) is 0 Å². The smallest absolute Gasteiger partial charge is 0.303 e. The monoisotopic (exact) mass is 235 g/mol. The summed E-state index contributed by atoms with van der Waals surface area (Å²) in [6.45, 7) is 1.89. The number of nitrogens with zero attached hydrogens (tertiary/aromatic N) is 3. The van der Waals surface area contributed by atoms with Gasteiger partial charge in [0.2, 0.25) is 0 Å². The third-order valence-electron chi connectivity index (χ3n) is 3.25. The Bertz CT molecular complexity index is 361. The van der Waals surface area contributed by atoms with Crippen molar-refractivity contribution in [2.75, 3.05) is 18.0 Å². The Hall–Kier alpha value is -1.65. The van der Waals surface area contributed by atoms with Crippen molar-refractivity contribution in [2.45, 2.75) is 25.7 Å². The zero-order chi connectivity index (χ0) is 12.1. The molecular formula is C12H17N3O2. The second kappa shape index (κ2) is 5.61. The average molecular weight is 235 g/mol. The molecule has 5 heteroatoms. The molecule has 0 amide bonds. The van der Waals surface area contributed by atoms with E-state index in [-0.39, 0.29) is 6.42 Å². The number of aromatic nitrogens is 2. The van der Waals surface area contributed by atoms with Gasteiger partial charge in [-0.3, -0.25) is 9.78 Å². The molecule has 1 aliphatic heterocycles. The van der Waals surface area contributed by atoms with E-state index in [0.717, 1.165) is 38.2 Å². The molecule has 1 aromatic rings. The summed E-state index contributed by atoms with van der Waals surface area (Å²) in [7, 11) is 0. The minimum absolute atomic E-state index is 0.288. The first-order valence-corrected chi connectivity index (χ1v) is 5.98. The van der Waals surface area contributed by atoms with Crippen molar-refractivity contribution in [3.8, 4) is 0 Å². The standard InChI is InChI=1S/C12H17N3O2/c16-12(17)2-1-10-3-7-15(8-4-10)11-9-13-5-6-14-11/h5-6,9-10H,1-4,7-8H2,(H,16,17). The van der Waals surface area contributed by atoms with Crippen LogP contribution in [-0.2, 0) is 4.79 Å². The molecule has 0 spiro atoms. The zero-order valence-electron chi connectivity index (χ0n) is 9.75. The fourth-order valence-electron chi connectivity index (χ4n) is 2.23. The van der Waals surface area contributed by atoms with Crippen molar-refractivity contribution in [2.24, 2.45) is 5.92 Å². The molecule has 92 valence electrons.